The van der Waals surface area contributed by atoms with Gasteiger partial charge in [0, 0.05) is 19.3 Å². The van der Waals surface area contributed by atoms with Gasteiger partial charge < -0.3 is 5.73 Å². The van der Waals surface area contributed by atoms with Crippen LogP contribution in [0.25, 0.3) is 0 Å². The summed E-state index contributed by atoms with van der Waals surface area (Å²) < 4.78 is 66.0. The van der Waals surface area contributed by atoms with Gasteiger partial charge in [0.25, 0.3) is 0 Å². The van der Waals surface area contributed by atoms with Crippen LogP contribution in [0.15, 0.2) is 41.5 Å². The SMILES string of the molecule is CN1C(=O)C(c2ccc(C(F)(F)F)cn2)C(C)(c2cc(F)cc(F)c2)N=C1N. The second kappa shape index (κ2) is 6.54. The molecule has 2 unspecified atom stereocenters. The van der Waals surface area contributed by atoms with Gasteiger partial charge in [-0.3, -0.25) is 14.7 Å². The first kappa shape index (κ1) is 19.7. The summed E-state index contributed by atoms with van der Waals surface area (Å²) in [6, 6.07) is 4.47. The van der Waals surface area contributed by atoms with Crippen LogP contribution >= 0.6 is 0 Å². The van der Waals surface area contributed by atoms with Crippen molar-refractivity contribution in [1.82, 2.24) is 9.88 Å². The highest BCUT2D eigenvalue weighted by Gasteiger charge is 2.48. The second-order valence-corrected chi connectivity index (χ2v) is 6.58. The smallest absolute Gasteiger partial charge is 0.369 e. The highest BCUT2D eigenvalue weighted by molar-refractivity contribution is 6.02. The van der Waals surface area contributed by atoms with Crippen molar-refractivity contribution in [3.05, 3.63) is 65.0 Å². The minimum absolute atomic E-state index is 0.00102. The number of nitrogens with two attached hydrogens (primary N) is 1. The number of alkyl halides is 3. The van der Waals surface area contributed by atoms with E-state index in [4.69, 9.17) is 5.73 Å². The standard InChI is InChI=1S/C18H15F5N4O/c1-17(10-5-11(19)7-12(20)6-10)14(15(28)27(2)16(24)26-17)13-4-3-9(8-25-13)18(21,22)23/h3-8,14H,1-2H3,(H2,24,26). The summed E-state index contributed by atoms with van der Waals surface area (Å²) in [6.07, 6.45) is -4.01. The average Bonchev–Trinajstić information content (AvgIpc) is 2.59. The lowest BCUT2D eigenvalue weighted by atomic mass is 9.76. The predicted octanol–water partition coefficient (Wildman–Crippen LogP) is 3.16. The maximum atomic E-state index is 13.8. The van der Waals surface area contributed by atoms with Crippen molar-refractivity contribution in [2.45, 2.75) is 24.6 Å². The molecule has 2 aromatic rings. The topological polar surface area (TPSA) is 71.6 Å². The average molecular weight is 398 g/mol. The number of benzene rings is 1. The minimum Gasteiger partial charge on any atom is -0.369 e. The molecule has 5 nitrogen and oxygen atoms in total. The molecule has 1 aliphatic rings. The summed E-state index contributed by atoms with van der Waals surface area (Å²) >= 11 is 0. The van der Waals surface area contributed by atoms with Crippen LogP contribution in [-0.4, -0.2) is 28.8 Å². The molecule has 2 N–H and O–H groups in total. The van der Waals surface area contributed by atoms with Crippen LogP contribution in [0.4, 0.5) is 22.0 Å². The Morgan fingerprint density at radius 3 is 2.25 bits per heavy atom. The zero-order valence-corrected chi connectivity index (χ0v) is 14.8. The zero-order valence-electron chi connectivity index (χ0n) is 14.8. The molecule has 0 bridgehead atoms. The molecule has 0 saturated heterocycles. The number of carbonyl (C=O) groups is 1. The van der Waals surface area contributed by atoms with E-state index in [-0.39, 0.29) is 17.2 Å². The van der Waals surface area contributed by atoms with Gasteiger partial charge in [0.2, 0.25) is 5.91 Å². The van der Waals surface area contributed by atoms with Crippen LogP contribution in [0.5, 0.6) is 0 Å². The van der Waals surface area contributed by atoms with Gasteiger partial charge in [-0.2, -0.15) is 13.2 Å². The fourth-order valence-corrected chi connectivity index (χ4v) is 3.16. The third kappa shape index (κ3) is 3.30. The highest BCUT2D eigenvalue weighted by atomic mass is 19.4. The van der Waals surface area contributed by atoms with Gasteiger partial charge >= 0.3 is 6.18 Å². The molecule has 0 radical (unpaired) electrons. The minimum atomic E-state index is -4.60. The number of hydrogen-bond acceptors (Lipinski definition) is 4. The number of nitrogens with zero attached hydrogens (tertiary/aromatic N) is 3. The first-order chi connectivity index (χ1) is 12.9. The van der Waals surface area contributed by atoms with Crippen LogP contribution in [0.2, 0.25) is 0 Å². The zero-order chi connectivity index (χ0) is 20.9. The molecule has 10 heteroatoms. The second-order valence-electron chi connectivity index (χ2n) is 6.58. The first-order valence-corrected chi connectivity index (χ1v) is 8.06. The quantitative estimate of drug-likeness (QED) is 0.790. The Bertz CT molecular complexity index is 937. The summed E-state index contributed by atoms with van der Waals surface area (Å²) in [4.78, 5) is 21.9. The largest absolute Gasteiger partial charge is 0.417 e. The number of halogens is 5. The Labute approximate surface area is 156 Å². The highest BCUT2D eigenvalue weighted by Crippen LogP contribution is 2.44. The number of aliphatic imine (C=N–C) groups is 1. The molecule has 0 saturated carbocycles. The molecule has 0 spiro atoms. The van der Waals surface area contributed by atoms with E-state index in [2.05, 4.69) is 9.98 Å². The van der Waals surface area contributed by atoms with Crippen molar-refractivity contribution in [1.29, 1.82) is 0 Å². The predicted molar refractivity (Wildman–Crippen MR) is 90.1 cm³/mol. The Balaban J connectivity index is 2.19. The molecule has 148 valence electrons. The van der Waals surface area contributed by atoms with E-state index in [9.17, 15) is 26.7 Å². The van der Waals surface area contributed by atoms with E-state index in [1.807, 2.05) is 0 Å². The molecule has 2 atom stereocenters. The summed E-state index contributed by atoms with van der Waals surface area (Å²) in [6.45, 7) is 1.42. The molecule has 1 aliphatic heterocycles. The van der Waals surface area contributed by atoms with Crippen molar-refractivity contribution in [2.24, 2.45) is 10.7 Å². The van der Waals surface area contributed by atoms with Crippen LogP contribution in [-0.2, 0) is 16.5 Å². The van der Waals surface area contributed by atoms with Crippen LogP contribution in [0.3, 0.4) is 0 Å². The molecule has 0 fully saturated rings. The molecule has 2 heterocycles. The van der Waals surface area contributed by atoms with E-state index >= 15 is 0 Å². The van der Waals surface area contributed by atoms with Gasteiger partial charge in [0.15, 0.2) is 5.96 Å². The van der Waals surface area contributed by atoms with Crippen molar-refractivity contribution < 1.29 is 26.7 Å². The maximum absolute atomic E-state index is 13.8. The van der Waals surface area contributed by atoms with Crippen LogP contribution in [0.1, 0.15) is 29.7 Å². The van der Waals surface area contributed by atoms with Crippen molar-refractivity contribution >= 4 is 11.9 Å². The fraction of sp³-hybridized carbons (Fsp3) is 0.278. The molecule has 3 rings (SSSR count). The Hall–Kier alpha value is -3.04. The monoisotopic (exact) mass is 398 g/mol. The Morgan fingerprint density at radius 1 is 1.14 bits per heavy atom. The van der Waals surface area contributed by atoms with E-state index in [0.29, 0.717) is 12.3 Å². The third-order valence-electron chi connectivity index (χ3n) is 4.69. The first-order valence-electron chi connectivity index (χ1n) is 8.06. The van der Waals surface area contributed by atoms with Gasteiger partial charge in [-0.15, -0.1) is 0 Å². The fourth-order valence-electron chi connectivity index (χ4n) is 3.16. The molecule has 1 amide bonds. The number of likely N-dealkylation sites (N-methyl/N-ethyl adjacent to an activating group) is 1. The van der Waals surface area contributed by atoms with E-state index in [1.54, 1.807) is 0 Å². The lowest BCUT2D eigenvalue weighted by molar-refractivity contribution is -0.137. The van der Waals surface area contributed by atoms with E-state index in [0.717, 1.165) is 29.2 Å². The van der Waals surface area contributed by atoms with Gasteiger partial charge in [0.05, 0.1) is 11.3 Å². The summed E-state index contributed by atoms with van der Waals surface area (Å²) in [5.41, 5.74) is 3.17. The van der Waals surface area contributed by atoms with Crippen LogP contribution < -0.4 is 5.73 Å². The number of guanidine groups is 1. The van der Waals surface area contributed by atoms with Gasteiger partial charge in [-0.25, -0.2) is 13.8 Å². The lowest BCUT2D eigenvalue weighted by Crippen LogP contribution is -2.52. The number of pyridine rings is 1. The van der Waals surface area contributed by atoms with Gasteiger partial charge in [-0.1, -0.05) is 0 Å². The Kier molecular flexibility index (Phi) is 4.60. The normalized spacial score (nSPS) is 23.0. The summed E-state index contributed by atoms with van der Waals surface area (Å²) in [7, 11) is 1.34. The van der Waals surface area contributed by atoms with E-state index in [1.165, 1.54) is 14.0 Å². The lowest BCUT2D eigenvalue weighted by Gasteiger charge is -2.40. The third-order valence-corrected chi connectivity index (χ3v) is 4.69. The number of amides is 1. The number of aromatic nitrogens is 1. The van der Waals surface area contributed by atoms with Crippen molar-refractivity contribution in [2.75, 3.05) is 7.05 Å². The summed E-state index contributed by atoms with van der Waals surface area (Å²) in [5.74, 6) is -3.84. The number of rotatable bonds is 2. The number of carbonyl (C=O) groups excluding carboxylic acids is 1. The molecule has 28 heavy (non-hydrogen) atoms. The maximum Gasteiger partial charge on any atom is 0.417 e. The van der Waals surface area contributed by atoms with Gasteiger partial charge in [0.1, 0.15) is 23.1 Å². The molecule has 0 aliphatic carbocycles. The number of hydrogen-bond donors (Lipinski definition) is 1. The molecular weight excluding hydrogens is 383 g/mol. The van der Waals surface area contributed by atoms with Crippen LogP contribution in [0, 0.1) is 11.6 Å². The van der Waals surface area contributed by atoms with Crippen molar-refractivity contribution in [3.63, 3.8) is 0 Å². The Morgan fingerprint density at radius 2 is 1.75 bits per heavy atom. The molecule has 1 aromatic carbocycles. The molecule has 1 aromatic heterocycles. The van der Waals surface area contributed by atoms with Gasteiger partial charge in [-0.05, 0) is 36.8 Å². The van der Waals surface area contributed by atoms with Crippen molar-refractivity contribution in [3.8, 4) is 0 Å². The summed E-state index contributed by atoms with van der Waals surface area (Å²) in [5, 5.41) is 0. The molecular formula is C18H15F5N4O. The van der Waals surface area contributed by atoms with E-state index < -0.39 is 40.7 Å².